The molecular weight excluding hydrogens is 312 g/mol. The molecule has 1 aliphatic carbocycles. The van der Waals surface area contributed by atoms with E-state index < -0.39 is 0 Å². The van der Waals surface area contributed by atoms with Gasteiger partial charge in [-0.1, -0.05) is 6.07 Å². The van der Waals surface area contributed by atoms with E-state index in [1.54, 1.807) is 0 Å². The van der Waals surface area contributed by atoms with Crippen LogP contribution in [0.1, 0.15) is 48.9 Å². The normalized spacial score (nSPS) is 21.0. The maximum absolute atomic E-state index is 5.97. The Morgan fingerprint density at radius 2 is 2.00 bits per heavy atom. The summed E-state index contributed by atoms with van der Waals surface area (Å²) in [4.78, 5) is 15.9. The summed E-state index contributed by atoms with van der Waals surface area (Å²) in [5, 5.41) is 0. The van der Waals surface area contributed by atoms with Crippen LogP contribution in [0.2, 0.25) is 0 Å². The summed E-state index contributed by atoms with van der Waals surface area (Å²) in [5.41, 5.74) is 9.38. The Labute approximate surface area is 146 Å². The van der Waals surface area contributed by atoms with Crippen molar-refractivity contribution in [2.45, 2.75) is 37.5 Å². The summed E-state index contributed by atoms with van der Waals surface area (Å²) in [6.07, 6.45) is 8.89. The largest absolute Gasteiger partial charge is 0.368 e. The Hall–Kier alpha value is -2.63. The average Bonchev–Trinajstić information content (AvgIpc) is 3.41. The Morgan fingerprint density at radius 1 is 1.08 bits per heavy atom. The van der Waals surface area contributed by atoms with Gasteiger partial charge >= 0.3 is 0 Å². The van der Waals surface area contributed by atoms with Crippen molar-refractivity contribution in [2.24, 2.45) is 0 Å². The lowest BCUT2D eigenvalue weighted by Crippen LogP contribution is -2.35. The average molecular weight is 334 g/mol. The molecule has 3 aromatic rings. The Bertz CT molecular complexity index is 913. The number of hydrogen-bond acceptors (Lipinski definition) is 5. The third-order valence-electron chi connectivity index (χ3n) is 5.35. The van der Waals surface area contributed by atoms with Crippen LogP contribution >= 0.6 is 0 Å². The highest BCUT2D eigenvalue weighted by atomic mass is 15.2. The van der Waals surface area contributed by atoms with E-state index >= 15 is 0 Å². The van der Waals surface area contributed by atoms with Crippen LogP contribution < -0.4 is 10.6 Å². The van der Waals surface area contributed by atoms with Gasteiger partial charge in [0.1, 0.15) is 11.5 Å². The number of piperidine rings is 1. The SMILES string of the molecule is Nc1nc(C2CC2)cc(N2CCCC(c3cnc4ccccn34)C2)n1. The van der Waals surface area contributed by atoms with Crippen LogP contribution in [-0.2, 0) is 0 Å². The van der Waals surface area contributed by atoms with Gasteiger partial charge in [-0.05, 0) is 37.8 Å². The highest BCUT2D eigenvalue weighted by molar-refractivity contribution is 5.47. The minimum Gasteiger partial charge on any atom is -0.368 e. The van der Waals surface area contributed by atoms with Crippen molar-refractivity contribution in [2.75, 3.05) is 23.7 Å². The number of hydrogen-bond donors (Lipinski definition) is 1. The molecule has 4 heterocycles. The molecule has 3 aromatic heterocycles. The summed E-state index contributed by atoms with van der Waals surface area (Å²) in [6, 6.07) is 8.29. The molecule has 0 bridgehead atoms. The van der Waals surface area contributed by atoms with E-state index in [0.29, 0.717) is 17.8 Å². The molecule has 5 rings (SSSR count). The Kier molecular flexibility index (Phi) is 3.36. The van der Waals surface area contributed by atoms with Crippen molar-refractivity contribution in [3.63, 3.8) is 0 Å². The smallest absolute Gasteiger partial charge is 0.222 e. The molecular formula is C19H22N6. The first-order valence-corrected chi connectivity index (χ1v) is 9.09. The Morgan fingerprint density at radius 3 is 2.88 bits per heavy atom. The fraction of sp³-hybridized carbons (Fsp3) is 0.421. The summed E-state index contributed by atoms with van der Waals surface area (Å²) < 4.78 is 2.21. The minimum absolute atomic E-state index is 0.399. The van der Waals surface area contributed by atoms with E-state index in [9.17, 15) is 0 Å². The van der Waals surface area contributed by atoms with Crippen LogP contribution in [0, 0.1) is 0 Å². The van der Waals surface area contributed by atoms with Crippen LogP contribution in [0.5, 0.6) is 0 Å². The molecule has 128 valence electrons. The van der Waals surface area contributed by atoms with Gasteiger partial charge in [0.25, 0.3) is 0 Å². The van der Waals surface area contributed by atoms with Crippen molar-refractivity contribution in [3.05, 3.63) is 48.0 Å². The zero-order valence-corrected chi connectivity index (χ0v) is 14.2. The van der Waals surface area contributed by atoms with Crippen LogP contribution in [0.25, 0.3) is 5.65 Å². The molecule has 1 aliphatic heterocycles. The standard InChI is InChI=1S/C19H22N6/c20-19-22-15(13-6-7-13)10-18(23-19)24-8-3-4-14(12-24)16-11-21-17-5-1-2-9-25(16)17/h1-2,5,9-11,13-14H,3-4,6-8,12H2,(H2,20,22,23). The molecule has 25 heavy (non-hydrogen) atoms. The molecule has 1 saturated heterocycles. The van der Waals surface area contributed by atoms with Gasteiger partial charge in [0.05, 0.1) is 5.69 Å². The molecule has 6 nitrogen and oxygen atoms in total. The maximum Gasteiger partial charge on any atom is 0.222 e. The number of imidazole rings is 1. The van der Waals surface area contributed by atoms with E-state index in [2.05, 4.69) is 48.6 Å². The fourth-order valence-corrected chi connectivity index (χ4v) is 3.90. The molecule has 2 aliphatic rings. The fourth-order valence-electron chi connectivity index (χ4n) is 3.90. The third-order valence-corrected chi connectivity index (χ3v) is 5.35. The topological polar surface area (TPSA) is 72.3 Å². The van der Waals surface area contributed by atoms with Crippen LogP contribution in [0.3, 0.4) is 0 Å². The summed E-state index contributed by atoms with van der Waals surface area (Å²) >= 11 is 0. The van der Waals surface area contributed by atoms with Crippen molar-refractivity contribution < 1.29 is 0 Å². The zero-order valence-electron chi connectivity index (χ0n) is 14.2. The van der Waals surface area contributed by atoms with E-state index in [4.69, 9.17) is 5.73 Å². The number of nitrogens with two attached hydrogens (primary N) is 1. The second-order valence-corrected chi connectivity index (χ2v) is 7.18. The Balaban J connectivity index is 1.44. The predicted octanol–water partition coefficient (Wildman–Crippen LogP) is 2.97. The minimum atomic E-state index is 0.399. The molecule has 1 atom stereocenters. The molecule has 0 radical (unpaired) electrons. The van der Waals surface area contributed by atoms with Gasteiger partial charge in [-0.15, -0.1) is 0 Å². The van der Waals surface area contributed by atoms with Gasteiger partial charge in [0.15, 0.2) is 0 Å². The summed E-state index contributed by atoms with van der Waals surface area (Å²) in [6.45, 7) is 1.97. The number of nitrogens with zero attached hydrogens (tertiary/aromatic N) is 5. The highest BCUT2D eigenvalue weighted by Crippen LogP contribution is 2.40. The first-order valence-electron chi connectivity index (χ1n) is 9.09. The van der Waals surface area contributed by atoms with Gasteiger partial charge in [0, 0.05) is 49.1 Å². The third kappa shape index (κ3) is 2.71. The first kappa shape index (κ1) is 14.7. The lowest BCUT2D eigenvalue weighted by atomic mass is 9.95. The number of aromatic nitrogens is 4. The molecule has 1 saturated carbocycles. The second-order valence-electron chi connectivity index (χ2n) is 7.18. The molecule has 0 aromatic carbocycles. The molecule has 2 N–H and O–H groups in total. The molecule has 0 spiro atoms. The monoisotopic (exact) mass is 334 g/mol. The number of pyridine rings is 1. The quantitative estimate of drug-likeness (QED) is 0.797. The molecule has 1 unspecified atom stereocenters. The predicted molar refractivity (Wildman–Crippen MR) is 97.8 cm³/mol. The number of rotatable bonds is 3. The van der Waals surface area contributed by atoms with E-state index in [-0.39, 0.29) is 0 Å². The van der Waals surface area contributed by atoms with Crippen LogP contribution in [-0.4, -0.2) is 32.4 Å². The lowest BCUT2D eigenvalue weighted by Gasteiger charge is -2.33. The zero-order chi connectivity index (χ0) is 16.8. The number of nitrogen functional groups attached to an aromatic ring is 1. The van der Waals surface area contributed by atoms with Gasteiger partial charge in [0.2, 0.25) is 5.95 Å². The highest BCUT2D eigenvalue weighted by Gasteiger charge is 2.29. The molecule has 2 fully saturated rings. The van der Waals surface area contributed by atoms with Crippen molar-refractivity contribution in [1.82, 2.24) is 19.4 Å². The van der Waals surface area contributed by atoms with E-state index in [1.807, 2.05) is 12.3 Å². The lowest BCUT2D eigenvalue weighted by molar-refractivity contribution is 0.496. The van der Waals surface area contributed by atoms with E-state index in [0.717, 1.165) is 36.7 Å². The van der Waals surface area contributed by atoms with Gasteiger partial charge in [-0.2, -0.15) is 4.98 Å². The van der Waals surface area contributed by atoms with Gasteiger partial charge < -0.3 is 15.0 Å². The summed E-state index contributed by atoms with van der Waals surface area (Å²) in [7, 11) is 0. The molecule has 6 heteroatoms. The van der Waals surface area contributed by atoms with Gasteiger partial charge in [-0.25, -0.2) is 9.97 Å². The van der Waals surface area contributed by atoms with E-state index in [1.165, 1.54) is 25.0 Å². The second kappa shape index (κ2) is 5.72. The van der Waals surface area contributed by atoms with Gasteiger partial charge in [-0.3, -0.25) is 0 Å². The maximum atomic E-state index is 5.97. The summed E-state index contributed by atoms with van der Waals surface area (Å²) in [5.74, 6) is 2.42. The van der Waals surface area contributed by atoms with Crippen molar-refractivity contribution >= 4 is 17.4 Å². The van der Waals surface area contributed by atoms with Crippen LogP contribution in [0.4, 0.5) is 11.8 Å². The van der Waals surface area contributed by atoms with Crippen LogP contribution in [0.15, 0.2) is 36.7 Å². The van der Waals surface area contributed by atoms with Crippen molar-refractivity contribution in [3.8, 4) is 0 Å². The first-order chi connectivity index (χ1) is 12.3. The molecule has 0 amide bonds. The van der Waals surface area contributed by atoms with Crippen molar-refractivity contribution in [1.29, 1.82) is 0 Å². The number of anilines is 2. The number of fused-ring (bicyclic) bond motifs is 1.